The topological polar surface area (TPSA) is 76.5 Å². The van der Waals surface area contributed by atoms with E-state index in [1.807, 2.05) is 48.7 Å². The summed E-state index contributed by atoms with van der Waals surface area (Å²) in [5, 5.41) is 3.00. The van der Waals surface area contributed by atoms with E-state index in [0.717, 1.165) is 16.7 Å². The van der Waals surface area contributed by atoms with Crippen LogP contribution in [0.4, 0.5) is 0 Å². The molecule has 3 aromatic carbocycles. The smallest absolute Gasteiger partial charge is 0.338 e. The third kappa shape index (κ3) is 5.63. The number of carbonyl (C=O) groups excluding carboxylic acids is 2. The lowest BCUT2D eigenvalue weighted by molar-refractivity contribution is 0.0526. The number of hydrogen-bond acceptors (Lipinski definition) is 5. The first-order valence-corrected chi connectivity index (χ1v) is 12.1. The Balaban J connectivity index is 1.69. The molecule has 0 aliphatic heterocycles. The SMILES string of the molecule is CCOC(=O)c1ccc2nc(C(=O)NC[C@@H](C)N(C)C)n(Cc3ccc(-c4ccccc4)cc3)c2c1. The summed E-state index contributed by atoms with van der Waals surface area (Å²) in [7, 11) is 3.95. The fraction of sp³-hybridized carbons (Fsp3) is 0.276. The molecular formula is C29H32N4O3. The van der Waals surface area contributed by atoms with Crippen molar-refractivity contribution in [3.63, 3.8) is 0 Å². The number of nitrogens with one attached hydrogen (secondary N) is 1. The molecule has 0 aliphatic rings. The van der Waals surface area contributed by atoms with Crippen LogP contribution in [0.2, 0.25) is 0 Å². The van der Waals surface area contributed by atoms with Gasteiger partial charge in [-0.25, -0.2) is 9.78 Å². The van der Waals surface area contributed by atoms with E-state index in [2.05, 4.69) is 46.7 Å². The van der Waals surface area contributed by atoms with Crippen LogP contribution >= 0.6 is 0 Å². The van der Waals surface area contributed by atoms with Gasteiger partial charge in [0.2, 0.25) is 0 Å². The molecule has 36 heavy (non-hydrogen) atoms. The van der Waals surface area contributed by atoms with Gasteiger partial charge in [-0.2, -0.15) is 0 Å². The molecule has 1 amide bonds. The number of rotatable bonds is 9. The van der Waals surface area contributed by atoms with Gasteiger partial charge in [-0.15, -0.1) is 0 Å². The summed E-state index contributed by atoms with van der Waals surface area (Å²) < 4.78 is 7.05. The third-order valence-electron chi connectivity index (χ3n) is 6.30. The number of likely N-dealkylation sites (N-methyl/N-ethyl adjacent to an activating group) is 1. The second-order valence-electron chi connectivity index (χ2n) is 9.03. The summed E-state index contributed by atoms with van der Waals surface area (Å²) in [5.41, 5.74) is 5.07. The zero-order chi connectivity index (χ0) is 25.7. The van der Waals surface area contributed by atoms with E-state index in [1.165, 1.54) is 0 Å². The Hall–Kier alpha value is -3.97. The van der Waals surface area contributed by atoms with Gasteiger partial charge in [0.25, 0.3) is 5.91 Å². The Morgan fingerprint density at radius 3 is 2.36 bits per heavy atom. The maximum atomic E-state index is 13.2. The molecule has 1 heterocycles. The van der Waals surface area contributed by atoms with Crippen molar-refractivity contribution in [3.8, 4) is 11.1 Å². The normalized spacial score (nSPS) is 12.0. The first-order chi connectivity index (χ1) is 17.4. The number of ether oxygens (including phenoxy) is 1. The van der Waals surface area contributed by atoms with Gasteiger partial charge in [-0.3, -0.25) is 4.79 Å². The van der Waals surface area contributed by atoms with E-state index in [1.54, 1.807) is 25.1 Å². The zero-order valence-electron chi connectivity index (χ0n) is 21.2. The average molecular weight is 485 g/mol. The summed E-state index contributed by atoms with van der Waals surface area (Å²) in [6.45, 7) is 5.04. The highest BCUT2D eigenvalue weighted by molar-refractivity contribution is 5.98. The minimum absolute atomic E-state index is 0.174. The van der Waals surface area contributed by atoms with Gasteiger partial charge in [0, 0.05) is 19.1 Å². The first-order valence-electron chi connectivity index (χ1n) is 12.1. The zero-order valence-corrected chi connectivity index (χ0v) is 21.2. The van der Waals surface area contributed by atoms with Crippen LogP contribution in [0.25, 0.3) is 22.2 Å². The Labute approximate surface area is 211 Å². The van der Waals surface area contributed by atoms with Gasteiger partial charge in [-0.05, 0) is 62.8 Å². The van der Waals surface area contributed by atoms with Crippen molar-refractivity contribution in [2.45, 2.75) is 26.4 Å². The Morgan fingerprint density at radius 1 is 1.00 bits per heavy atom. The summed E-state index contributed by atoms with van der Waals surface area (Å²) in [6.07, 6.45) is 0. The van der Waals surface area contributed by atoms with Gasteiger partial charge < -0.3 is 19.5 Å². The molecule has 0 fully saturated rings. The van der Waals surface area contributed by atoms with Crippen molar-refractivity contribution < 1.29 is 14.3 Å². The van der Waals surface area contributed by atoms with Crippen LogP contribution in [-0.4, -0.2) is 59.6 Å². The van der Waals surface area contributed by atoms with Crippen LogP contribution < -0.4 is 5.32 Å². The van der Waals surface area contributed by atoms with Gasteiger partial charge in [0.15, 0.2) is 5.82 Å². The van der Waals surface area contributed by atoms with Crippen LogP contribution in [0.3, 0.4) is 0 Å². The molecule has 0 radical (unpaired) electrons. The van der Waals surface area contributed by atoms with Gasteiger partial charge >= 0.3 is 5.97 Å². The maximum absolute atomic E-state index is 13.2. The summed E-state index contributed by atoms with van der Waals surface area (Å²) in [6, 6.07) is 23.8. The van der Waals surface area contributed by atoms with Crippen LogP contribution in [0.1, 0.15) is 40.4 Å². The number of fused-ring (bicyclic) bond motifs is 1. The molecular weight excluding hydrogens is 452 g/mol. The standard InChI is InChI=1S/C29H32N4O3/c1-5-36-29(35)24-15-16-25-26(17-24)33(27(31-25)28(34)30-18-20(2)32(3)4)19-21-11-13-23(14-12-21)22-9-7-6-8-10-22/h6-17,20H,5,18-19H2,1-4H3,(H,30,34)/t20-/m1/s1. The second-order valence-corrected chi connectivity index (χ2v) is 9.03. The predicted octanol–water partition coefficient (Wildman–Crippen LogP) is 4.61. The lowest BCUT2D eigenvalue weighted by Crippen LogP contribution is -2.39. The van der Waals surface area contributed by atoms with E-state index in [-0.39, 0.29) is 11.9 Å². The molecule has 4 aromatic rings. The minimum atomic E-state index is -0.398. The number of imidazole rings is 1. The fourth-order valence-corrected chi connectivity index (χ4v) is 3.92. The number of carbonyl (C=O) groups is 2. The molecule has 4 rings (SSSR count). The van der Waals surface area contributed by atoms with E-state index < -0.39 is 5.97 Å². The molecule has 0 bridgehead atoms. The van der Waals surface area contributed by atoms with E-state index in [0.29, 0.717) is 42.1 Å². The third-order valence-corrected chi connectivity index (χ3v) is 6.30. The van der Waals surface area contributed by atoms with Crippen molar-refractivity contribution in [1.29, 1.82) is 0 Å². The fourth-order valence-electron chi connectivity index (χ4n) is 3.92. The number of esters is 1. The number of nitrogens with zero attached hydrogens (tertiary/aromatic N) is 3. The largest absolute Gasteiger partial charge is 0.462 e. The van der Waals surface area contributed by atoms with Crippen LogP contribution in [-0.2, 0) is 11.3 Å². The molecule has 7 heteroatoms. The molecule has 0 saturated carbocycles. The molecule has 0 unspecified atom stereocenters. The molecule has 0 saturated heterocycles. The molecule has 1 atom stereocenters. The number of amides is 1. The number of benzene rings is 3. The monoisotopic (exact) mass is 484 g/mol. The molecule has 7 nitrogen and oxygen atoms in total. The Bertz CT molecular complexity index is 1340. The highest BCUT2D eigenvalue weighted by atomic mass is 16.5. The second kappa shape index (κ2) is 11.2. The predicted molar refractivity (Wildman–Crippen MR) is 142 cm³/mol. The van der Waals surface area contributed by atoms with Crippen LogP contribution in [0, 0.1) is 0 Å². The van der Waals surface area contributed by atoms with Crippen molar-refractivity contribution >= 4 is 22.9 Å². The highest BCUT2D eigenvalue weighted by Gasteiger charge is 2.20. The maximum Gasteiger partial charge on any atom is 0.338 e. The summed E-state index contributed by atoms with van der Waals surface area (Å²) in [4.78, 5) is 32.3. The van der Waals surface area contributed by atoms with Gasteiger partial charge in [0.1, 0.15) is 0 Å². The van der Waals surface area contributed by atoms with E-state index in [4.69, 9.17) is 4.74 Å². The Morgan fingerprint density at radius 2 is 1.69 bits per heavy atom. The number of hydrogen-bond donors (Lipinski definition) is 1. The van der Waals surface area contributed by atoms with Crippen LogP contribution in [0.5, 0.6) is 0 Å². The van der Waals surface area contributed by atoms with Crippen molar-refractivity contribution in [2.75, 3.05) is 27.2 Å². The van der Waals surface area contributed by atoms with E-state index >= 15 is 0 Å². The lowest BCUT2D eigenvalue weighted by atomic mass is 10.0. The highest BCUT2D eigenvalue weighted by Crippen LogP contribution is 2.23. The molecule has 0 aliphatic carbocycles. The minimum Gasteiger partial charge on any atom is -0.462 e. The molecule has 0 spiro atoms. The summed E-state index contributed by atoms with van der Waals surface area (Å²) >= 11 is 0. The van der Waals surface area contributed by atoms with Gasteiger partial charge in [0.05, 0.1) is 23.2 Å². The Kier molecular flexibility index (Phi) is 7.80. The lowest BCUT2D eigenvalue weighted by Gasteiger charge is -2.20. The van der Waals surface area contributed by atoms with Crippen molar-refractivity contribution in [2.24, 2.45) is 0 Å². The van der Waals surface area contributed by atoms with Crippen molar-refractivity contribution in [3.05, 3.63) is 89.7 Å². The number of aromatic nitrogens is 2. The molecule has 1 aromatic heterocycles. The van der Waals surface area contributed by atoms with Gasteiger partial charge in [-0.1, -0.05) is 54.6 Å². The average Bonchev–Trinajstić information content (AvgIpc) is 3.25. The summed E-state index contributed by atoms with van der Waals surface area (Å²) in [5.74, 6) is -0.340. The molecule has 186 valence electrons. The quantitative estimate of drug-likeness (QED) is 0.351. The van der Waals surface area contributed by atoms with Crippen molar-refractivity contribution in [1.82, 2.24) is 19.8 Å². The van der Waals surface area contributed by atoms with Crippen LogP contribution in [0.15, 0.2) is 72.8 Å². The van der Waals surface area contributed by atoms with E-state index in [9.17, 15) is 9.59 Å². The molecule has 1 N–H and O–H groups in total. The first kappa shape index (κ1) is 25.1.